The summed E-state index contributed by atoms with van der Waals surface area (Å²) in [5.41, 5.74) is 4.41. The van der Waals surface area contributed by atoms with E-state index in [4.69, 9.17) is 4.98 Å². The molecule has 2 aliphatic rings. The zero-order valence-corrected chi connectivity index (χ0v) is 25.7. The molecule has 2 N–H and O–H groups in total. The number of nitrogens with zero attached hydrogens (tertiary/aromatic N) is 2. The molecule has 4 nitrogen and oxygen atoms in total. The number of thiazole rings is 2. The summed E-state index contributed by atoms with van der Waals surface area (Å²) in [6.45, 7) is 8.67. The van der Waals surface area contributed by atoms with Crippen LogP contribution in [0.15, 0.2) is 48.5 Å². The van der Waals surface area contributed by atoms with E-state index in [0.29, 0.717) is 11.8 Å². The number of aromatic nitrogens is 2. The SMILES string of the molecule is CCc1nc(Cc2cccc(F)c2)sc1C1CCNCC1.Cc1nc(Cc2cccc(F)c2)sc1C1CCNCC1. The molecule has 0 unspecified atom stereocenters. The number of aryl methyl sites for hydroxylation is 2. The molecule has 2 saturated heterocycles. The molecule has 0 bridgehead atoms. The minimum atomic E-state index is -0.172. The van der Waals surface area contributed by atoms with Gasteiger partial charge in [-0.1, -0.05) is 31.2 Å². The molecule has 218 valence electrons. The third-order valence-electron chi connectivity index (χ3n) is 7.89. The topological polar surface area (TPSA) is 49.8 Å². The Kier molecular flexibility index (Phi) is 10.7. The second-order valence-corrected chi connectivity index (χ2v) is 13.2. The maximum absolute atomic E-state index is 13.3. The lowest BCUT2D eigenvalue weighted by atomic mass is 9.95. The van der Waals surface area contributed by atoms with Crippen molar-refractivity contribution in [1.29, 1.82) is 0 Å². The van der Waals surface area contributed by atoms with Crippen molar-refractivity contribution in [3.05, 3.63) is 102 Å². The number of hydrogen-bond acceptors (Lipinski definition) is 6. The molecular weight excluding hydrogens is 555 g/mol. The van der Waals surface area contributed by atoms with E-state index in [1.54, 1.807) is 35.6 Å². The van der Waals surface area contributed by atoms with Crippen molar-refractivity contribution in [3.8, 4) is 0 Å². The molecular formula is C33H40F2N4S2. The Hall–Kier alpha value is -2.52. The van der Waals surface area contributed by atoms with Gasteiger partial charge in [0.2, 0.25) is 0 Å². The molecule has 0 spiro atoms. The molecule has 2 fully saturated rings. The monoisotopic (exact) mass is 594 g/mol. The first kappa shape index (κ1) is 30.0. The number of rotatable bonds is 7. The van der Waals surface area contributed by atoms with Crippen molar-refractivity contribution >= 4 is 22.7 Å². The smallest absolute Gasteiger partial charge is 0.123 e. The van der Waals surface area contributed by atoms with Crippen LogP contribution < -0.4 is 10.6 Å². The van der Waals surface area contributed by atoms with E-state index in [1.807, 2.05) is 23.5 Å². The summed E-state index contributed by atoms with van der Waals surface area (Å²) in [7, 11) is 0. The molecule has 2 aromatic heterocycles. The minimum Gasteiger partial charge on any atom is -0.317 e. The first-order valence-corrected chi connectivity index (χ1v) is 16.5. The van der Waals surface area contributed by atoms with Crippen LogP contribution in [-0.2, 0) is 19.3 Å². The molecule has 4 heterocycles. The van der Waals surface area contributed by atoms with E-state index in [2.05, 4.69) is 29.5 Å². The molecule has 2 aliphatic heterocycles. The van der Waals surface area contributed by atoms with Gasteiger partial charge in [-0.2, -0.15) is 0 Å². The second-order valence-electron chi connectivity index (χ2n) is 11.0. The summed E-state index contributed by atoms with van der Waals surface area (Å²) in [6.07, 6.45) is 7.25. The van der Waals surface area contributed by atoms with Gasteiger partial charge in [0.15, 0.2) is 0 Å². The van der Waals surface area contributed by atoms with Crippen molar-refractivity contribution < 1.29 is 8.78 Å². The summed E-state index contributed by atoms with van der Waals surface area (Å²) in [5.74, 6) is 0.961. The molecule has 0 atom stereocenters. The van der Waals surface area contributed by atoms with Crippen LogP contribution in [0.25, 0.3) is 0 Å². The molecule has 8 heteroatoms. The molecule has 4 aromatic rings. The zero-order chi connectivity index (χ0) is 28.6. The van der Waals surface area contributed by atoms with Crippen LogP contribution in [0.2, 0.25) is 0 Å². The van der Waals surface area contributed by atoms with Crippen molar-refractivity contribution in [3.63, 3.8) is 0 Å². The Bertz CT molecular complexity index is 1400. The molecule has 0 saturated carbocycles. The Morgan fingerprint density at radius 3 is 1.73 bits per heavy atom. The number of hydrogen-bond donors (Lipinski definition) is 2. The third kappa shape index (κ3) is 8.28. The summed E-state index contributed by atoms with van der Waals surface area (Å²) >= 11 is 3.64. The van der Waals surface area contributed by atoms with Gasteiger partial charge in [-0.3, -0.25) is 0 Å². The predicted octanol–water partition coefficient (Wildman–Crippen LogP) is 7.55. The van der Waals surface area contributed by atoms with Crippen molar-refractivity contribution in [2.24, 2.45) is 0 Å². The van der Waals surface area contributed by atoms with E-state index in [0.717, 1.165) is 72.3 Å². The van der Waals surface area contributed by atoms with Gasteiger partial charge in [-0.15, -0.1) is 22.7 Å². The fourth-order valence-corrected chi connectivity index (χ4v) is 8.42. The Labute approximate surface area is 250 Å². The molecule has 6 rings (SSSR count). The summed E-state index contributed by atoms with van der Waals surface area (Å²) in [5, 5.41) is 9.03. The molecule has 0 radical (unpaired) electrons. The summed E-state index contributed by atoms with van der Waals surface area (Å²) in [4.78, 5) is 12.4. The average Bonchev–Trinajstić information content (AvgIpc) is 3.57. The highest BCUT2D eigenvalue weighted by molar-refractivity contribution is 7.12. The van der Waals surface area contributed by atoms with Crippen LogP contribution in [-0.4, -0.2) is 36.1 Å². The van der Waals surface area contributed by atoms with Crippen LogP contribution in [0.4, 0.5) is 8.78 Å². The van der Waals surface area contributed by atoms with Crippen LogP contribution in [0.3, 0.4) is 0 Å². The zero-order valence-electron chi connectivity index (χ0n) is 24.0. The highest BCUT2D eigenvalue weighted by Gasteiger charge is 2.22. The van der Waals surface area contributed by atoms with Gasteiger partial charge in [0.25, 0.3) is 0 Å². The van der Waals surface area contributed by atoms with Crippen LogP contribution in [0.5, 0.6) is 0 Å². The number of piperidine rings is 2. The van der Waals surface area contributed by atoms with Crippen LogP contribution in [0, 0.1) is 18.6 Å². The minimum absolute atomic E-state index is 0.168. The van der Waals surface area contributed by atoms with Crippen molar-refractivity contribution in [2.45, 2.75) is 70.6 Å². The van der Waals surface area contributed by atoms with Gasteiger partial charge in [0.05, 0.1) is 21.4 Å². The number of benzene rings is 2. The van der Waals surface area contributed by atoms with E-state index in [9.17, 15) is 8.78 Å². The quantitative estimate of drug-likeness (QED) is 0.232. The van der Waals surface area contributed by atoms with E-state index in [-0.39, 0.29) is 11.6 Å². The van der Waals surface area contributed by atoms with Gasteiger partial charge in [-0.25, -0.2) is 18.7 Å². The maximum atomic E-state index is 13.3. The average molecular weight is 595 g/mol. The van der Waals surface area contributed by atoms with Gasteiger partial charge >= 0.3 is 0 Å². The van der Waals surface area contributed by atoms with E-state index < -0.39 is 0 Å². The Morgan fingerprint density at radius 1 is 0.732 bits per heavy atom. The maximum Gasteiger partial charge on any atom is 0.123 e. The van der Waals surface area contributed by atoms with Crippen LogP contribution in [0.1, 0.15) is 86.7 Å². The van der Waals surface area contributed by atoms with E-state index >= 15 is 0 Å². The van der Waals surface area contributed by atoms with Gasteiger partial charge in [0.1, 0.15) is 11.6 Å². The molecule has 2 aromatic carbocycles. The first-order chi connectivity index (χ1) is 20.0. The highest BCUT2D eigenvalue weighted by atomic mass is 32.1. The van der Waals surface area contributed by atoms with Gasteiger partial charge < -0.3 is 10.6 Å². The molecule has 41 heavy (non-hydrogen) atoms. The fourth-order valence-electron chi connectivity index (χ4n) is 5.79. The highest BCUT2D eigenvalue weighted by Crippen LogP contribution is 2.35. The normalized spacial score (nSPS) is 16.4. The van der Waals surface area contributed by atoms with Crippen LogP contribution >= 0.6 is 22.7 Å². The van der Waals surface area contributed by atoms with Gasteiger partial charge in [-0.05, 0) is 112 Å². The molecule has 0 aliphatic carbocycles. The number of halogens is 2. The summed E-state index contributed by atoms with van der Waals surface area (Å²) in [6, 6.07) is 13.6. The van der Waals surface area contributed by atoms with E-state index in [1.165, 1.54) is 53.3 Å². The lowest BCUT2D eigenvalue weighted by Crippen LogP contribution is -2.26. The van der Waals surface area contributed by atoms with Gasteiger partial charge in [0, 0.05) is 22.6 Å². The lowest BCUT2D eigenvalue weighted by Gasteiger charge is -2.22. The second kappa shape index (κ2) is 14.6. The molecule has 0 amide bonds. The standard InChI is InChI=1S/C17H21FN2S.C16H19FN2S/c1-2-15-17(13-6-8-19-9-7-13)21-16(20-15)11-12-4-3-5-14(18)10-12;1-11-16(13-5-7-18-8-6-13)20-15(19-11)10-12-3-2-4-14(17)9-12/h3-5,10,13,19H,2,6-9,11H2,1H3;2-4,9,13,18H,5-8,10H2,1H3. The third-order valence-corrected chi connectivity index (χ3v) is 10.5. The Morgan fingerprint density at radius 2 is 1.22 bits per heavy atom. The van der Waals surface area contributed by atoms with Crippen molar-refractivity contribution in [2.75, 3.05) is 26.2 Å². The fraction of sp³-hybridized carbons (Fsp3) is 0.455. The summed E-state index contributed by atoms with van der Waals surface area (Å²) < 4.78 is 26.5. The Balaban J connectivity index is 0.000000165. The predicted molar refractivity (Wildman–Crippen MR) is 166 cm³/mol. The lowest BCUT2D eigenvalue weighted by molar-refractivity contribution is 0.463. The first-order valence-electron chi connectivity index (χ1n) is 14.8. The largest absolute Gasteiger partial charge is 0.317 e. The van der Waals surface area contributed by atoms with Crippen molar-refractivity contribution in [1.82, 2.24) is 20.6 Å². The number of nitrogens with one attached hydrogen (secondary N) is 2.